The monoisotopic (exact) mass is 280 g/mol. The van der Waals surface area contributed by atoms with Crippen LogP contribution in [-0.4, -0.2) is 12.1 Å². The largest absolute Gasteiger partial charge is 0.493 e. The number of ether oxygens (including phenoxy) is 2. The minimum Gasteiger partial charge on any atom is -0.493 e. The van der Waals surface area contributed by atoms with E-state index in [0.717, 1.165) is 16.5 Å². The summed E-state index contributed by atoms with van der Waals surface area (Å²) in [4.78, 5) is 4.30. The lowest BCUT2D eigenvalue weighted by atomic mass is 10.1. The van der Waals surface area contributed by atoms with Crippen LogP contribution in [0.15, 0.2) is 54.7 Å². The lowest BCUT2D eigenvalue weighted by Gasteiger charge is -2.11. The van der Waals surface area contributed by atoms with Gasteiger partial charge in [0, 0.05) is 23.3 Å². The molecule has 0 aliphatic heterocycles. The van der Waals surface area contributed by atoms with Gasteiger partial charge in [0.05, 0.1) is 12.6 Å². The molecule has 0 aliphatic rings. The van der Waals surface area contributed by atoms with Gasteiger partial charge in [-0.1, -0.05) is 12.1 Å². The zero-order chi connectivity index (χ0) is 14.7. The molecular weight excluding hydrogens is 264 g/mol. The highest BCUT2D eigenvalue weighted by atomic mass is 16.5. The van der Waals surface area contributed by atoms with E-state index in [4.69, 9.17) is 15.2 Å². The number of fused-ring (bicyclic) bond motifs is 1. The topological polar surface area (TPSA) is 57.4 Å². The van der Waals surface area contributed by atoms with E-state index in [2.05, 4.69) is 11.1 Å². The smallest absolute Gasteiger partial charge is 0.163 e. The Labute approximate surface area is 123 Å². The minimum atomic E-state index is 0.449. The summed E-state index contributed by atoms with van der Waals surface area (Å²) >= 11 is 0. The second kappa shape index (κ2) is 5.71. The number of nitrogens with zero attached hydrogens (tertiary/aromatic N) is 1. The molecule has 0 radical (unpaired) electrons. The summed E-state index contributed by atoms with van der Waals surface area (Å²) in [5.74, 6) is 1.32. The highest BCUT2D eigenvalue weighted by Gasteiger charge is 2.05. The number of hydrogen-bond acceptors (Lipinski definition) is 4. The fourth-order valence-electron chi connectivity index (χ4n) is 2.18. The number of methoxy groups -OCH3 is 1. The Kier molecular flexibility index (Phi) is 3.60. The van der Waals surface area contributed by atoms with Crippen molar-refractivity contribution in [2.24, 2.45) is 0 Å². The van der Waals surface area contributed by atoms with E-state index in [1.807, 2.05) is 24.3 Å². The van der Waals surface area contributed by atoms with E-state index >= 15 is 0 Å². The first kappa shape index (κ1) is 13.2. The van der Waals surface area contributed by atoms with Crippen LogP contribution in [0.25, 0.3) is 10.9 Å². The van der Waals surface area contributed by atoms with Gasteiger partial charge in [0.1, 0.15) is 6.61 Å². The van der Waals surface area contributed by atoms with Gasteiger partial charge in [0.25, 0.3) is 0 Å². The zero-order valence-corrected chi connectivity index (χ0v) is 11.7. The van der Waals surface area contributed by atoms with Crippen LogP contribution in [0.1, 0.15) is 5.56 Å². The third-order valence-electron chi connectivity index (χ3n) is 3.25. The van der Waals surface area contributed by atoms with Crippen molar-refractivity contribution in [1.82, 2.24) is 4.98 Å². The highest BCUT2D eigenvalue weighted by molar-refractivity contribution is 5.78. The average Bonchev–Trinajstić information content (AvgIpc) is 2.53. The van der Waals surface area contributed by atoms with Crippen LogP contribution in [0.4, 0.5) is 5.69 Å². The summed E-state index contributed by atoms with van der Waals surface area (Å²) in [5.41, 5.74) is 8.47. The Hall–Kier alpha value is -2.75. The fraction of sp³-hybridized carbons (Fsp3) is 0.118. The van der Waals surface area contributed by atoms with E-state index in [0.29, 0.717) is 23.8 Å². The maximum atomic E-state index is 5.82. The number of rotatable bonds is 4. The van der Waals surface area contributed by atoms with Crippen LogP contribution in [0, 0.1) is 0 Å². The molecule has 106 valence electrons. The molecule has 0 atom stereocenters. The SMILES string of the molecule is COc1ccc(N)cc1OCc1ccc2ncccc2c1. The molecular formula is C17H16N2O2. The van der Waals surface area contributed by atoms with Crippen molar-refractivity contribution in [3.05, 3.63) is 60.3 Å². The standard InChI is InChI=1S/C17H16N2O2/c1-20-16-7-5-14(18)10-17(16)21-11-12-4-6-15-13(9-12)3-2-8-19-15/h2-10H,11,18H2,1H3. The molecule has 0 bridgehead atoms. The predicted molar refractivity (Wildman–Crippen MR) is 83.5 cm³/mol. The average molecular weight is 280 g/mol. The first-order valence-corrected chi connectivity index (χ1v) is 6.66. The number of nitrogens with two attached hydrogens (primary N) is 1. The molecule has 1 aromatic heterocycles. The number of pyridine rings is 1. The van der Waals surface area contributed by atoms with Gasteiger partial charge in [0.15, 0.2) is 11.5 Å². The lowest BCUT2D eigenvalue weighted by molar-refractivity contribution is 0.285. The molecule has 4 heteroatoms. The summed E-state index contributed by atoms with van der Waals surface area (Å²) in [7, 11) is 1.61. The van der Waals surface area contributed by atoms with Crippen LogP contribution in [0.3, 0.4) is 0 Å². The van der Waals surface area contributed by atoms with Crippen molar-refractivity contribution in [2.75, 3.05) is 12.8 Å². The van der Waals surface area contributed by atoms with E-state index in [1.54, 1.807) is 31.5 Å². The minimum absolute atomic E-state index is 0.449. The maximum Gasteiger partial charge on any atom is 0.163 e. The molecule has 2 aromatic carbocycles. The fourth-order valence-corrected chi connectivity index (χ4v) is 2.18. The number of benzene rings is 2. The van der Waals surface area contributed by atoms with Crippen molar-refractivity contribution < 1.29 is 9.47 Å². The lowest BCUT2D eigenvalue weighted by Crippen LogP contribution is -1.99. The molecule has 0 spiro atoms. The summed E-state index contributed by atoms with van der Waals surface area (Å²) in [6.07, 6.45) is 1.79. The number of nitrogen functional groups attached to an aromatic ring is 1. The van der Waals surface area contributed by atoms with Gasteiger partial charge < -0.3 is 15.2 Å². The molecule has 0 saturated heterocycles. The number of aromatic nitrogens is 1. The second-order valence-corrected chi connectivity index (χ2v) is 4.73. The van der Waals surface area contributed by atoms with Gasteiger partial charge in [-0.15, -0.1) is 0 Å². The van der Waals surface area contributed by atoms with Crippen LogP contribution in [0.2, 0.25) is 0 Å². The van der Waals surface area contributed by atoms with Crippen LogP contribution >= 0.6 is 0 Å². The normalized spacial score (nSPS) is 10.5. The van der Waals surface area contributed by atoms with Crippen molar-refractivity contribution >= 4 is 16.6 Å². The Morgan fingerprint density at radius 2 is 1.95 bits per heavy atom. The van der Waals surface area contributed by atoms with Crippen LogP contribution in [-0.2, 0) is 6.61 Å². The van der Waals surface area contributed by atoms with Crippen molar-refractivity contribution in [3.63, 3.8) is 0 Å². The molecule has 4 nitrogen and oxygen atoms in total. The maximum absolute atomic E-state index is 5.82. The van der Waals surface area contributed by atoms with Crippen molar-refractivity contribution in [2.45, 2.75) is 6.61 Å². The molecule has 0 fully saturated rings. The first-order valence-electron chi connectivity index (χ1n) is 6.66. The zero-order valence-electron chi connectivity index (χ0n) is 11.7. The van der Waals surface area contributed by atoms with Crippen molar-refractivity contribution in [3.8, 4) is 11.5 Å². The van der Waals surface area contributed by atoms with E-state index in [9.17, 15) is 0 Å². The van der Waals surface area contributed by atoms with Crippen molar-refractivity contribution in [1.29, 1.82) is 0 Å². The third kappa shape index (κ3) is 2.89. The van der Waals surface area contributed by atoms with Gasteiger partial charge in [-0.05, 0) is 35.9 Å². The van der Waals surface area contributed by atoms with Gasteiger partial charge in [-0.25, -0.2) is 0 Å². The Morgan fingerprint density at radius 3 is 2.81 bits per heavy atom. The van der Waals surface area contributed by atoms with Gasteiger partial charge in [0.2, 0.25) is 0 Å². The predicted octanol–water partition coefficient (Wildman–Crippen LogP) is 3.40. The van der Waals surface area contributed by atoms with E-state index in [-0.39, 0.29) is 0 Å². The molecule has 0 aliphatic carbocycles. The van der Waals surface area contributed by atoms with Gasteiger partial charge in [-0.3, -0.25) is 4.98 Å². The highest BCUT2D eigenvalue weighted by Crippen LogP contribution is 2.29. The van der Waals surface area contributed by atoms with Crippen LogP contribution in [0.5, 0.6) is 11.5 Å². The van der Waals surface area contributed by atoms with Gasteiger partial charge >= 0.3 is 0 Å². The van der Waals surface area contributed by atoms with E-state index < -0.39 is 0 Å². The van der Waals surface area contributed by atoms with Gasteiger partial charge in [-0.2, -0.15) is 0 Å². The Bertz CT molecular complexity index is 772. The molecule has 1 heterocycles. The quantitative estimate of drug-likeness (QED) is 0.744. The first-order chi connectivity index (χ1) is 10.3. The molecule has 0 amide bonds. The molecule has 2 N–H and O–H groups in total. The second-order valence-electron chi connectivity index (χ2n) is 4.73. The molecule has 3 rings (SSSR count). The molecule has 0 unspecified atom stereocenters. The third-order valence-corrected chi connectivity index (χ3v) is 3.25. The molecule has 21 heavy (non-hydrogen) atoms. The molecule has 3 aromatic rings. The number of hydrogen-bond donors (Lipinski definition) is 1. The Balaban J connectivity index is 1.81. The van der Waals surface area contributed by atoms with Crippen LogP contribution < -0.4 is 15.2 Å². The Morgan fingerprint density at radius 1 is 1.05 bits per heavy atom. The summed E-state index contributed by atoms with van der Waals surface area (Å²) in [5, 5.41) is 1.10. The summed E-state index contributed by atoms with van der Waals surface area (Å²) in [6, 6.07) is 15.4. The van der Waals surface area contributed by atoms with E-state index in [1.165, 1.54) is 0 Å². The summed E-state index contributed by atoms with van der Waals surface area (Å²) in [6.45, 7) is 0.449. The number of anilines is 1. The summed E-state index contributed by atoms with van der Waals surface area (Å²) < 4.78 is 11.1. The molecule has 0 saturated carbocycles.